The van der Waals surface area contributed by atoms with Crippen molar-refractivity contribution < 1.29 is 18.3 Å². The molecule has 0 heterocycles. The van der Waals surface area contributed by atoms with Crippen molar-refractivity contribution in [2.75, 3.05) is 13.1 Å². The fourth-order valence-electron chi connectivity index (χ4n) is 3.52. The van der Waals surface area contributed by atoms with Gasteiger partial charge in [0.25, 0.3) is 0 Å². The molecule has 26 heavy (non-hydrogen) atoms. The number of hydrogen-bond donors (Lipinski definition) is 3. The molecule has 0 atom stereocenters. The topological polar surface area (TPSA) is 95.5 Å². The summed E-state index contributed by atoms with van der Waals surface area (Å²) < 4.78 is 27.9. The standard InChI is InChI=1S/C19H24N2O4S/c22-19(23)20-12-14-5-7-15(8-6-14)13-21-26(24,25)18-10-9-16-3-1-2-4-17(16)11-18/h1-4,9-11,14-15,20-21H,5-8,12-13H2,(H,22,23). The van der Waals surface area contributed by atoms with E-state index in [9.17, 15) is 13.2 Å². The van der Waals surface area contributed by atoms with Gasteiger partial charge < -0.3 is 10.4 Å². The summed E-state index contributed by atoms with van der Waals surface area (Å²) in [4.78, 5) is 10.8. The van der Waals surface area contributed by atoms with Gasteiger partial charge in [0.15, 0.2) is 0 Å². The van der Waals surface area contributed by atoms with Crippen molar-refractivity contribution in [2.45, 2.75) is 30.6 Å². The van der Waals surface area contributed by atoms with Crippen molar-refractivity contribution in [3.8, 4) is 0 Å². The van der Waals surface area contributed by atoms with Crippen LogP contribution in [0, 0.1) is 11.8 Å². The Morgan fingerprint density at radius 1 is 0.962 bits per heavy atom. The molecule has 0 saturated heterocycles. The number of benzene rings is 2. The fraction of sp³-hybridized carbons (Fsp3) is 0.421. The van der Waals surface area contributed by atoms with E-state index >= 15 is 0 Å². The minimum atomic E-state index is -3.53. The molecule has 0 aliphatic heterocycles. The molecule has 0 spiro atoms. The normalized spacial score (nSPS) is 20.8. The van der Waals surface area contributed by atoms with E-state index in [1.807, 2.05) is 30.3 Å². The minimum Gasteiger partial charge on any atom is -0.465 e. The summed E-state index contributed by atoms with van der Waals surface area (Å²) in [5.74, 6) is 0.644. The Balaban J connectivity index is 1.54. The highest BCUT2D eigenvalue weighted by Gasteiger charge is 2.23. The van der Waals surface area contributed by atoms with Crippen molar-refractivity contribution in [1.29, 1.82) is 0 Å². The van der Waals surface area contributed by atoms with Crippen LogP contribution >= 0.6 is 0 Å². The van der Waals surface area contributed by atoms with Gasteiger partial charge in [-0.3, -0.25) is 0 Å². The summed E-state index contributed by atoms with van der Waals surface area (Å²) in [5.41, 5.74) is 0. The molecule has 7 heteroatoms. The number of carbonyl (C=O) groups is 1. The van der Waals surface area contributed by atoms with Crippen molar-refractivity contribution in [1.82, 2.24) is 10.0 Å². The summed E-state index contributed by atoms with van der Waals surface area (Å²) in [6, 6.07) is 12.8. The summed E-state index contributed by atoms with van der Waals surface area (Å²) >= 11 is 0. The number of sulfonamides is 1. The third-order valence-electron chi connectivity index (χ3n) is 5.10. The lowest BCUT2D eigenvalue weighted by Gasteiger charge is -2.28. The predicted molar refractivity (Wildman–Crippen MR) is 101 cm³/mol. The molecule has 1 saturated carbocycles. The maximum absolute atomic E-state index is 12.6. The monoisotopic (exact) mass is 376 g/mol. The number of nitrogens with one attached hydrogen (secondary N) is 2. The zero-order valence-electron chi connectivity index (χ0n) is 14.5. The Labute approximate surface area is 153 Å². The van der Waals surface area contributed by atoms with E-state index in [0.29, 0.717) is 24.9 Å². The van der Waals surface area contributed by atoms with Crippen LogP contribution in [0.15, 0.2) is 47.4 Å². The average molecular weight is 376 g/mol. The van der Waals surface area contributed by atoms with E-state index in [1.165, 1.54) is 0 Å². The van der Waals surface area contributed by atoms with Crippen LogP contribution in [0.2, 0.25) is 0 Å². The third-order valence-corrected chi connectivity index (χ3v) is 6.52. The van der Waals surface area contributed by atoms with Crippen LogP contribution in [0.5, 0.6) is 0 Å². The number of rotatable bonds is 6. The maximum atomic E-state index is 12.6. The third kappa shape index (κ3) is 4.74. The predicted octanol–water partition coefficient (Wildman–Crippen LogP) is 3.19. The number of hydrogen-bond acceptors (Lipinski definition) is 3. The summed E-state index contributed by atoms with van der Waals surface area (Å²) in [6.07, 6.45) is 2.67. The van der Waals surface area contributed by atoms with E-state index in [1.54, 1.807) is 12.1 Å². The van der Waals surface area contributed by atoms with Crippen LogP contribution < -0.4 is 10.0 Å². The second kappa shape index (κ2) is 8.05. The Bertz CT molecular complexity index is 874. The Morgan fingerprint density at radius 2 is 1.58 bits per heavy atom. The fourth-order valence-corrected chi connectivity index (χ4v) is 4.67. The average Bonchev–Trinajstić information content (AvgIpc) is 2.65. The van der Waals surface area contributed by atoms with Crippen LogP contribution in [0.4, 0.5) is 4.79 Å². The first kappa shape index (κ1) is 18.7. The van der Waals surface area contributed by atoms with E-state index in [0.717, 1.165) is 36.5 Å². The van der Waals surface area contributed by atoms with Gasteiger partial charge in [-0.2, -0.15) is 0 Å². The zero-order valence-corrected chi connectivity index (χ0v) is 15.3. The molecular weight excluding hydrogens is 352 g/mol. The van der Waals surface area contributed by atoms with Crippen molar-refractivity contribution in [3.63, 3.8) is 0 Å². The van der Waals surface area contributed by atoms with E-state index in [-0.39, 0.29) is 4.90 Å². The molecule has 1 fully saturated rings. The molecule has 2 aromatic rings. The van der Waals surface area contributed by atoms with Crippen LogP contribution in [-0.2, 0) is 10.0 Å². The lowest BCUT2D eigenvalue weighted by Crippen LogP contribution is -2.34. The Kier molecular flexibility index (Phi) is 5.78. The van der Waals surface area contributed by atoms with E-state index < -0.39 is 16.1 Å². The van der Waals surface area contributed by atoms with E-state index in [4.69, 9.17) is 5.11 Å². The van der Waals surface area contributed by atoms with Gasteiger partial charge >= 0.3 is 6.09 Å². The Hall–Kier alpha value is -2.12. The molecule has 1 aliphatic carbocycles. The highest BCUT2D eigenvalue weighted by molar-refractivity contribution is 7.89. The van der Waals surface area contributed by atoms with Gasteiger partial charge in [0.2, 0.25) is 10.0 Å². The van der Waals surface area contributed by atoms with Crippen LogP contribution in [0.3, 0.4) is 0 Å². The quantitative estimate of drug-likeness (QED) is 0.721. The van der Waals surface area contributed by atoms with Crippen LogP contribution in [0.1, 0.15) is 25.7 Å². The molecule has 0 radical (unpaired) electrons. The summed E-state index contributed by atoms with van der Waals surface area (Å²) in [6.45, 7) is 0.902. The van der Waals surface area contributed by atoms with Gasteiger partial charge in [-0.1, -0.05) is 30.3 Å². The van der Waals surface area contributed by atoms with Gasteiger partial charge in [-0.25, -0.2) is 17.9 Å². The van der Waals surface area contributed by atoms with Gasteiger partial charge in [0.05, 0.1) is 4.90 Å². The molecule has 1 aliphatic rings. The molecule has 140 valence electrons. The summed E-state index contributed by atoms with van der Waals surface area (Å²) in [7, 11) is -3.53. The van der Waals surface area contributed by atoms with Gasteiger partial charge in [0, 0.05) is 13.1 Å². The molecule has 0 bridgehead atoms. The highest BCUT2D eigenvalue weighted by Crippen LogP contribution is 2.28. The summed E-state index contributed by atoms with van der Waals surface area (Å²) in [5, 5.41) is 13.0. The van der Waals surface area contributed by atoms with Crippen molar-refractivity contribution in [2.24, 2.45) is 11.8 Å². The molecule has 2 aromatic carbocycles. The number of carboxylic acid groups (broad SMARTS) is 1. The molecule has 0 unspecified atom stereocenters. The number of amides is 1. The molecule has 6 nitrogen and oxygen atoms in total. The molecule has 3 rings (SSSR count). The SMILES string of the molecule is O=C(O)NCC1CCC(CNS(=O)(=O)c2ccc3ccccc3c2)CC1. The minimum absolute atomic E-state index is 0.288. The van der Waals surface area contributed by atoms with Gasteiger partial charge in [-0.05, 0) is 60.4 Å². The molecule has 1 amide bonds. The second-order valence-corrected chi connectivity index (χ2v) is 8.70. The smallest absolute Gasteiger partial charge is 0.404 e. The first-order chi connectivity index (χ1) is 12.4. The molecule has 3 N–H and O–H groups in total. The molecular formula is C19H24N2O4S. The van der Waals surface area contributed by atoms with Gasteiger partial charge in [-0.15, -0.1) is 0 Å². The first-order valence-electron chi connectivity index (χ1n) is 8.89. The van der Waals surface area contributed by atoms with Crippen molar-refractivity contribution in [3.05, 3.63) is 42.5 Å². The highest BCUT2D eigenvalue weighted by atomic mass is 32.2. The number of fused-ring (bicyclic) bond motifs is 1. The zero-order chi connectivity index (χ0) is 18.6. The molecule has 0 aromatic heterocycles. The second-order valence-electron chi connectivity index (χ2n) is 6.93. The van der Waals surface area contributed by atoms with Crippen LogP contribution in [-0.4, -0.2) is 32.7 Å². The first-order valence-corrected chi connectivity index (χ1v) is 10.4. The lowest BCUT2D eigenvalue weighted by atomic mass is 9.82. The van der Waals surface area contributed by atoms with Gasteiger partial charge in [0.1, 0.15) is 0 Å². The van der Waals surface area contributed by atoms with Crippen molar-refractivity contribution >= 4 is 26.9 Å². The maximum Gasteiger partial charge on any atom is 0.404 e. The largest absolute Gasteiger partial charge is 0.465 e. The lowest BCUT2D eigenvalue weighted by molar-refractivity contribution is 0.188. The van der Waals surface area contributed by atoms with E-state index in [2.05, 4.69) is 10.0 Å². The van der Waals surface area contributed by atoms with Crippen LogP contribution in [0.25, 0.3) is 10.8 Å². The Morgan fingerprint density at radius 3 is 2.23 bits per heavy atom.